The summed E-state index contributed by atoms with van der Waals surface area (Å²) in [6, 6.07) is 15.3. The number of nitrogens with zero attached hydrogens (tertiary/aromatic N) is 2. The van der Waals surface area contributed by atoms with Gasteiger partial charge in [0.1, 0.15) is 5.75 Å². The summed E-state index contributed by atoms with van der Waals surface area (Å²) in [7, 11) is 0. The first-order chi connectivity index (χ1) is 11.0. The van der Waals surface area contributed by atoms with Crippen molar-refractivity contribution in [2.75, 3.05) is 11.9 Å². The Morgan fingerprint density at radius 1 is 1.30 bits per heavy atom. The van der Waals surface area contributed by atoms with Gasteiger partial charge in [-0.3, -0.25) is 0 Å². The van der Waals surface area contributed by atoms with Crippen molar-refractivity contribution < 1.29 is 9.90 Å². The van der Waals surface area contributed by atoms with Crippen molar-refractivity contribution in [3.8, 4) is 11.8 Å². The fraction of sp³-hybridized carbons (Fsp3) is 0.222. The minimum atomic E-state index is -0.251. The van der Waals surface area contributed by atoms with Gasteiger partial charge in [-0.1, -0.05) is 18.2 Å². The van der Waals surface area contributed by atoms with Crippen LogP contribution in [-0.2, 0) is 0 Å². The molecule has 0 radical (unpaired) electrons. The first-order valence-electron chi connectivity index (χ1n) is 7.42. The van der Waals surface area contributed by atoms with E-state index in [-0.39, 0.29) is 17.8 Å². The maximum absolute atomic E-state index is 12.5. The molecule has 0 fully saturated rings. The van der Waals surface area contributed by atoms with Crippen molar-refractivity contribution in [2.24, 2.45) is 0 Å². The van der Waals surface area contributed by atoms with Gasteiger partial charge in [-0.15, -0.1) is 0 Å². The quantitative estimate of drug-likeness (QED) is 0.900. The molecular weight excluding hydrogens is 290 g/mol. The highest BCUT2D eigenvalue weighted by atomic mass is 16.3. The normalized spacial score (nSPS) is 11.3. The van der Waals surface area contributed by atoms with Gasteiger partial charge in [-0.25, -0.2) is 4.79 Å². The molecule has 0 saturated carbocycles. The van der Waals surface area contributed by atoms with E-state index in [1.807, 2.05) is 26.0 Å². The van der Waals surface area contributed by atoms with Gasteiger partial charge in [0.2, 0.25) is 0 Å². The Hall–Kier alpha value is -3.00. The molecule has 0 aliphatic rings. The molecule has 0 aliphatic heterocycles. The van der Waals surface area contributed by atoms with E-state index in [0.29, 0.717) is 17.8 Å². The van der Waals surface area contributed by atoms with Gasteiger partial charge in [0.25, 0.3) is 0 Å². The van der Waals surface area contributed by atoms with Gasteiger partial charge in [-0.2, -0.15) is 5.26 Å². The predicted octanol–water partition coefficient (Wildman–Crippen LogP) is 3.88. The third-order valence-electron chi connectivity index (χ3n) is 3.66. The van der Waals surface area contributed by atoms with Crippen molar-refractivity contribution >= 4 is 11.7 Å². The minimum Gasteiger partial charge on any atom is -0.508 e. The number of benzene rings is 2. The van der Waals surface area contributed by atoms with Crippen molar-refractivity contribution in [2.45, 2.75) is 19.9 Å². The topological polar surface area (TPSA) is 76.4 Å². The molecule has 118 valence electrons. The number of phenols is 1. The van der Waals surface area contributed by atoms with Gasteiger partial charge in [0.15, 0.2) is 0 Å². The molecule has 23 heavy (non-hydrogen) atoms. The van der Waals surface area contributed by atoms with Gasteiger partial charge >= 0.3 is 6.03 Å². The number of carbonyl (C=O) groups excluding carboxylic acids is 1. The standard InChI is InChI=1S/C18H19N3O2/c1-3-21(13(2)15-7-5-9-17(22)11-15)18(23)20-16-8-4-6-14(10-16)12-19/h4-11,13,22H,3H2,1-2H3,(H,20,23)/t13-/m0/s1. The van der Waals surface area contributed by atoms with Crippen LogP contribution >= 0.6 is 0 Å². The summed E-state index contributed by atoms with van der Waals surface area (Å²) in [5.74, 6) is 0.174. The van der Waals surface area contributed by atoms with E-state index in [9.17, 15) is 9.90 Å². The summed E-state index contributed by atoms with van der Waals surface area (Å²) in [6.07, 6.45) is 0. The molecule has 5 nitrogen and oxygen atoms in total. The average molecular weight is 309 g/mol. The zero-order valence-electron chi connectivity index (χ0n) is 13.2. The van der Waals surface area contributed by atoms with Crippen LogP contribution in [0.3, 0.4) is 0 Å². The van der Waals surface area contributed by atoms with Crippen LogP contribution in [0, 0.1) is 11.3 Å². The molecule has 0 aliphatic carbocycles. The summed E-state index contributed by atoms with van der Waals surface area (Å²) >= 11 is 0. The Morgan fingerprint density at radius 2 is 2.04 bits per heavy atom. The Morgan fingerprint density at radius 3 is 2.70 bits per heavy atom. The van der Waals surface area contributed by atoms with Crippen LogP contribution in [0.25, 0.3) is 0 Å². The number of urea groups is 1. The van der Waals surface area contributed by atoms with Gasteiger partial charge in [-0.05, 0) is 49.7 Å². The largest absolute Gasteiger partial charge is 0.508 e. The molecule has 5 heteroatoms. The molecule has 2 amide bonds. The number of hydrogen-bond acceptors (Lipinski definition) is 3. The number of nitriles is 1. The van der Waals surface area contributed by atoms with Crippen molar-refractivity contribution in [3.63, 3.8) is 0 Å². The monoisotopic (exact) mass is 309 g/mol. The fourth-order valence-corrected chi connectivity index (χ4v) is 2.42. The number of aromatic hydroxyl groups is 1. The van der Waals surface area contributed by atoms with E-state index in [4.69, 9.17) is 5.26 Å². The van der Waals surface area contributed by atoms with Gasteiger partial charge in [0.05, 0.1) is 17.7 Å². The molecule has 0 bridgehead atoms. The number of phenolic OH excluding ortho intramolecular Hbond substituents is 1. The molecule has 0 spiro atoms. The first-order valence-corrected chi connectivity index (χ1v) is 7.42. The Balaban J connectivity index is 2.16. The number of carbonyl (C=O) groups is 1. The Bertz CT molecular complexity index is 737. The second-order valence-electron chi connectivity index (χ2n) is 5.18. The maximum atomic E-state index is 12.5. The number of hydrogen-bond donors (Lipinski definition) is 2. The number of anilines is 1. The predicted molar refractivity (Wildman–Crippen MR) is 89.1 cm³/mol. The van der Waals surface area contributed by atoms with E-state index >= 15 is 0 Å². The zero-order valence-corrected chi connectivity index (χ0v) is 13.2. The van der Waals surface area contributed by atoms with Gasteiger partial charge < -0.3 is 15.3 Å². The van der Waals surface area contributed by atoms with E-state index < -0.39 is 0 Å². The molecule has 0 aromatic heterocycles. The third kappa shape index (κ3) is 4.01. The van der Waals surface area contributed by atoms with Crippen LogP contribution in [0.1, 0.15) is 31.0 Å². The molecule has 2 rings (SSSR count). The first kappa shape index (κ1) is 16.4. The van der Waals surface area contributed by atoms with Crippen LogP contribution in [0.15, 0.2) is 48.5 Å². The SMILES string of the molecule is CCN(C(=O)Nc1cccc(C#N)c1)[C@@H](C)c1cccc(O)c1. The lowest BCUT2D eigenvalue weighted by Crippen LogP contribution is -2.36. The van der Waals surface area contributed by atoms with Gasteiger partial charge in [0, 0.05) is 12.2 Å². The molecule has 2 aromatic rings. The van der Waals surface area contributed by atoms with E-state index in [2.05, 4.69) is 5.32 Å². The van der Waals surface area contributed by atoms with Crippen LogP contribution < -0.4 is 5.32 Å². The van der Waals surface area contributed by atoms with Crippen molar-refractivity contribution in [3.05, 3.63) is 59.7 Å². The highest BCUT2D eigenvalue weighted by Crippen LogP contribution is 2.24. The lowest BCUT2D eigenvalue weighted by Gasteiger charge is -2.28. The average Bonchev–Trinajstić information content (AvgIpc) is 2.55. The minimum absolute atomic E-state index is 0.174. The number of rotatable bonds is 4. The van der Waals surface area contributed by atoms with Crippen molar-refractivity contribution in [1.29, 1.82) is 5.26 Å². The highest BCUT2D eigenvalue weighted by molar-refractivity contribution is 5.89. The molecule has 2 N–H and O–H groups in total. The molecule has 0 unspecified atom stereocenters. The zero-order chi connectivity index (χ0) is 16.8. The maximum Gasteiger partial charge on any atom is 0.322 e. The summed E-state index contributed by atoms with van der Waals surface area (Å²) in [5, 5.41) is 21.3. The van der Waals surface area contributed by atoms with Crippen LogP contribution in [-0.4, -0.2) is 22.6 Å². The third-order valence-corrected chi connectivity index (χ3v) is 3.66. The molecule has 2 aromatic carbocycles. The van der Waals surface area contributed by atoms with E-state index in [1.165, 1.54) is 0 Å². The summed E-state index contributed by atoms with van der Waals surface area (Å²) in [4.78, 5) is 14.2. The second-order valence-corrected chi connectivity index (χ2v) is 5.18. The summed E-state index contributed by atoms with van der Waals surface area (Å²) in [5.41, 5.74) is 1.93. The van der Waals surface area contributed by atoms with Crippen LogP contribution in [0.5, 0.6) is 5.75 Å². The lowest BCUT2D eigenvalue weighted by molar-refractivity contribution is 0.197. The number of nitrogens with one attached hydrogen (secondary N) is 1. The molecule has 0 heterocycles. The van der Waals surface area contributed by atoms with Crippen molar-refractivity contribution in [1.82, 2.24) is 4.90 Å². The van der Waals surface area contributed by atoms with E-state index in [0.717, 1.165) is 5.56 Å². The Labute approximate surface area is 135 Å². The molecular formula is C18H19N3O2. The Kier molecular flexibility index (Phi) is 5.21. The molecule has 0 saturated heterocycles. The smallest absolute Gasteiger partial charge is 0.322 e. The summed E-state index contributed by atoms with van der Waals surface area (Å²) < 4.78 is 0. The second kappa shape index (κ2) is 7.32. The van der Waals surface area contributed by atoms with E-state index in [1.54, 1.807) is 47.4 Å². The molecule has 1 atom stereocenters. The lowest BCUT2D eigenvalue weighted by atomic mass is 10.1. The van der Waals surface area contributed by atoms with Crippen LogP contribution in [0.4, 0.5) is 10.5 Å². The van der Waals surface area contributed by atoms with Crippen LogP contribution in [0.2, 0.25) is 0 Å². The number of amides is 2. The summed E-state index contributed by atoms with van der Waals surface area (Å²) in [6.45, 7) is 4.31. The fourth-order valence-electron chi connectivity index (χ4n) is 2.42. The highest BCUT2D eigenvalue weighted by Gasteiger charge is 2.20.